The fourth-order valence-electron chi connectivity index (χ4n) is 5.91. The van der Waals surface area contributed by atoms with Crippen LogP contribution in [0.25, 0.3) is 10.9 Å². The number of hydrogen-bond donors (Lipinski definition) is 3. The highest BCUT2D eigenvalue weighted by atomic mass is 19.1. The van der Waals surface area contributed by atoms with Crippen LogP contribution >= 0.6 is 0 Å². The monoisotopic (exact) mass is 532 g/mol. The Morgan fingerprint density at radius 1 is 1.13 bits per heavy atom. The molecule has 0 amide bonds. The predicted octanol–water partition coefficient (Wildman–Crippen LogP) is 5.54. The average Bonchev–Trinajstić information content (AvgIpc) is 3.18. The summed E-state index contributed by atoms with van der Waals surface area (Å²) in [5.74, 6) is -1.88. The Bertz CT molecular complexity index is 1280. The van der Waals surface area contributed by atoms with Crippen LogP contribution in [-0.2, 0) is 6.42 Å². The second-order valence-electron chi connectivity index (χ2n) is 11.2. The molecule has 0 bridgehead atoms. The number of aliphatic hydroxyl groups excluding tert-OH is 1. The third-order valence-corrected chi connectivity index (χ3v) is 7.92. The predicted molar refractivity (Wildman–Crippen MR) is 142 cm³/mol. The number of aromatic nitrogens is 1. The first kappa shape index (κ1) is 27.0. The molecule has 3 N–H and O–H groups in total. The number of benzene rings is 2. The maximum absolute atomic E-state index is 15.8. The number of H-pyrrole nitrogens is 1. The third kappa shape index (κ3) is 5.16. The summed E-state index contributed by atoms with van der Waals surface area (Å²) in [4.78, 5) is 7.23. The Kier molecular flexibility index (Phi) is 7.46. The van der Waals surface area contributed by atoms with Crippen LogP contribution in [0.2, 0.25) is 0 Å². The minimum Gasteiger partial charge on any atom is -0.393 e. The van der Waals surface area contributed by atoms with E-state index in [9.17, 15) is 9.50 Å². The standard InChI is InChI=1S/C29H36F4N4O/c1-4-5-8-36-13-20(14-36)34-19-11-23(31)26(24(32)12-19)28-27-22(21-10-18(30)6-7-25(21)35-27)9-17(2)37(28)15-29(3,33)16-38/h6-7,10-12,17,20,28,34-35,38H,4-5,8-9,13-16H2,1-3H3/t17-,28?,29+/m0/s1. The van der Waals surface area contributed by atoms with Crippen molar-refractivity contribution in [3.63, 3.8) is 0 Å². The van der Waals surface area contributed by atoms with E-state index in [1.54, 1.807) is 11.0 Å². The summed E-state index contributed by atoms with van der Waals surface area (Å²) in [5, 5.41) is 13.5. The molecule has 3 atom stereocenters. The second kappa shape index (κ2) is 10.5. The van der Waals surface area contributed by atoms with Gasteiger partial charge in [-0.25, -0.2) is 17.6 Å². The van der Waals surface area contributed by atoms with Gasteiger partial charge in [-0.15, -0.1) is 0 Å². The molecule has 9 heteroatoms. The summed E-state index contributed by atoms with van der Waals surface area (Å²) in [6.07, 6.45) is 2.68. The van der Waals surface area contributed by atoms with Crippen LogP contribution in [0.4, 0.5) is 23.2 Å². The van der Waals surface area contributed by atoms with Crippen molar-refractivity contribution in [2.45, 2.75) is 63.8 Å². The van der Waals surface area contributed by atoms with Crippen LogP contribution in [0.1, 0.15) is 56.5 Å². The van der Waals surface area contributed by atoms with Crippen molar-refractivity contribution in [3.8, 4) is 0 Å². The molecule has 2 aromatic carbocycles. The van der Waals surface area contributed by atoms with Gasteiger partial charge in [0.05, 0.1) is 18.7 Å². The number of aliphatic hydroxyl groups is 1. The first-order chi connectivity index (χ1) is 18.1. The maximum Gasteiger partial charge on any atom is 0.143 e. The minimum absolute atomic E-state index is 0.120. The zero-order valence-corrected chi connectivity index (χ0v) is 22.1. The van der Waals surface area contributed by atoms with Gasteiger partial charge in [0.15, 0.2) is 0 Å². The first-order valence-corrected chi connectivity index (χ1v) is 13.4. The van der Waals surface area contributed by atoms with Crippen LogP contribution in [0.15, 0.2) is 30.3 Å². The molecular weight excluding hydrogens is 496 g/mol. The number of rotatable bonds is 9. The number of alkyl halides is 1. The number of likely N-dealkylation sites (tertiary alicyclic amines) is 1. The molecule has 0 saturated carbocycles. The number of nitrogens with zero attached hydrogens (tertiary/aromatic N) is 2. The molecule has 2 aliphatic heterocycles. The van der Waals surface area contributed by atoms with Gasteiger partial charge in [-0.3, -0.25) is 9.80 Å². The molecule has 0 spiro atoms. The number of unbranched alkanes of at least 4 members (excludes halogenated alkanes) is 1. The quantitative estimate of drug-likeness (QED) is 0.317. The molecular formula is C29H36F4N4O. The summed E-state index contributed by atoms with van der Waals surface area (Å²) in [5.41, 5.74) is 0.121. The molecule has 2 aliphatic rings. The van der Waals surface area contributed by atoms with E-state index in [0.29, 0.717) is 28.7 Å². The second-order valence-corrected chi connectivity index (χ2v) is 11.2. The van der Waals surface area contributed by atoms with E-state index >= 15 is 13.2 Å². The molecule has 0 radical (unpaired) electrons. The van der Waals surface area contributed by atoms with Crippen molar-refractivity contribution in [3.05, 3.63) is 64.6 Å². The highest BCUT2D eigenvalue weighted by Gasteiger charge is 2.42. The lowest BCUT2D eigenvalue weighted by Gasteiger charge is -2.43. The average molecular weight is 533 g/mol. The number of halogens is 4. The third-order valence-electron chi connectivity index (χ3n) is 7.92. The fraction of sp³-hybridized carbons (Fsp3) is 0.517. The molecule has 1 aromatic heterocycles. The lowest BCUT2D eigenvalue weighted by Crippen LogP contribution is -2.54. The Hall–Kier alpha value is -2.62. The smallest absolute Gasteiger partial charge is 0.143 e. The maximum atomic E-state index is 15.8. The van der Waals surface area contributed by atoms with Crippen molar-refractivity contribution in [2.24, 2.45) is 0 Å². The van der Waals surface area contributed by atoms with Crippen LogP contribution < -0.4 is 5.32 Å². The van der Waals surface area contributed by atoms with Crippen molar-refractivity contribution in [1.82, 2.24) is 14.8 Å². The summed E-state index contributed by atoms with van der Waals surface area (Å²) in [6.45, 7) is 6.98. The number of aromatic amines is 1. The van der Waals surface area contributed by atoms with Gasteiger partial charge in [0.1, 0.15) is 23.1 Å². The zero-order valence-electron chi connectivity index (χ0n) is 22.1. The van der Waals surface area contributed by atoms with E-state index in [0.717, 1.165) is 38.0 Å². The highest BCUT2D eigenvalue weighted by molar-refractivity contribution is 5.85. The van der Waals surface area contributed by atoms with Crippen molar-refractivity contribution >= 4 is 16.6 Å². The van der Waals surface area contributed by atoms with Crippen molar-refractivity contribution in [2.75, 3.05) is 38.1 Å². The minimum atomic E-state index is -1.98. The van der Waals surface area contributed by atoms with E-state index in [-0.39, 0.29) is 24.2 Å². The summed E-state index contributed by atoms with van der Waals surface area (Å²) in [6, 6.07) is 5.76. The van der Waals surface area contributed by atoms with Gasteiger partial charge in [0.25, 0.3) is 0 Å². The van der Waals surface area contributed by atoms with Gasteiger partial charge in [-0.05, 0) is 69.1 Å². The van der Waals surface area contributed by atoms with Crippen LogP contribution in [-0.4, -0.2) is 70.4 Å². The van der Waals surface area contributed by atoms with Crippen LogP contribution in [0.3, 0.4) is 0 Å². The van der Waals surface area contributed by atoms with E-state index < -0.39 is 35.8 Å². The SMILES string of the molecule is CCCCN1CC(Nc2cc(F)c(C3c4[nH]c5ccc(F)cc5c4C[C@H](C)N3C[C@@](C)(F)CO)c(F)c2)C1. The molecule has 1 saturated heterocycles. The first-order valence-electron chi connectivity index (χ1n) is 13.4. The Morgan fingerprint density at radius 3 is 2.50 bits per heavy atom. The van der Waals surface area contributed by atoms with E-state index in [1.807, 2.05) is 6.92 Å². The number of nitrogens with one attached hydrogen (secondary N) is 2. The summed E-state index contributed by atoms with van der Waals surface area (Å²) < 4.78 is 60.8. The molecule has 38 heavy (non-hydrogen) atoms. The van der Waals surface area contributed by atoms with Gasteiger partial charge in [0, 0.05) is 53.5 Å². The molecule has 1 unspecified atom stereocenters. The van der Waals surface area contributed by atoms with Gasteiger partial charge in [-0.2, -0.15) is 0 Å². The lowest BCUT2D eigenvalue weighted by atomic mass is 9.87. The lowest BCUT2D eigenvalue weighted by molar-refractivity contribution is 0.0162. The van der Waals surface area contributed by atoms with Gasteiger partial charge >= 0.3 is 0 Å². The van der Waals surface area contributed by atoms with Gasteiger partial charge < -0.3 is 15.4 Å². The molecule has 1 fully saturated rings. The molecule has 0 aliphatic carbocycles. The molecule has 206 valence electrons. The largest absolute Gasteiger partial charge is 0.393 e. The van der Waals surface area contributed by atoms with E-state index in [2.05, 4.69) is 22.1 Å². The summed E-state index contributed by atoms with van der Waals surface area (Å²) in [7, 11) is 0. The van der Waals surface area contributed by atoms with Gasteiger partial charge in [-0.1, -0.05) is 13.3 Å². The fourth-order valence-corrected chi connectivity index (χ4v) is 5.91. The normalized spacial score (nSPS) is 22.3. The Balaban J connectivity index is 1.52. The van der Waals surface area contributed by atoms with Crippen LogP contribution in [0, 0.1) is 17.5 Å². The molecule has 3 heterocycles. The highest BCUT2D eigenvalue weighted by Crippen LogP contribution is 2.43. The molecule has 5 rings (SSSR count). The Morgan fingerprint density at radius 2 is 1.84 bits per heavy atom. The number of hydrogen-bond acceptors (Lipinski definition) is 4. The zero-order chi connectivity index (χ0) is 27.2. The number of fused-ring (bicyclic) bond motifs is 3. The summed E-state index contributed by atoms with van der Waals surface area (Å²) >= 11 is 0. The van der Waals surface area contributed by atoms with Crippen molar-refractivity contribution < 1.29 is 22.7 Å². The molecule has 3 aromatic rings. The van der Waals surface area contributed by atoms with Crippen molar-refractivity contribution in [1.29, 1.82) is 0 Å². The van der Waals surface area contributed by atoms with Crippen LogP contribution in [0.5, 0.6) is 0 Å². The molecule has 5 nitrogen and oxygen atoms in total. The van der Waals surface area contributed by atoms with E-state index in [4.69, 9.17) is 0 Å². The van der Waals surface area contributed by atoms with E-state index in [1.165, 1.54) is 31.2 Å². The van der Waals surface area contributed by atoms with Gasteiger partial charge in [0.2, 0.25) is 0 Å². The Labute approximate surface area is 220 Å². The number of anilines is 1. The topological polar surface area (TPSA) is 54.5 Å².